The maximum Gasteiger partial charge on any atom is 0.324 e. The standard InChI is InChI=1S/C36H43N5O4.C21H26N2O3.C15H19NO3.C6H11N/c1-24-10-12-28(13-11-24)41-33(23-32(39-41)36(2,3)4)38-35(43)37-27-9-7-8-26(21-27)20-25-16-18-40(19-17-25)34(42)30-15-14-29(44-5)22-31(30)45-6;1-25-18-6-7-19(20(14-18)26-2)21(24)23-10-8-15(9-11-23)12-16-4-3-5-17(22)13-16;1-11-6-8-16(9-7-11)15(17)13-5-4-12(18-2)10-14(13)19-3;1-6-2-4-7-5-3-6/h7-15,21-23,25H,16-20H2,1-6H3,(H2,37,38,43);3-7,13-15H,8-12,22H2,1-2H3;4-5,10H,1,6-9H2,2-3H3;7H,1-5H2. The second kappa shape index (κ2) is 35.3. The highest BCUT2D eigenvalue weighted by atomic mass is 16.5. The van der Waals surface area contributed by atoms with E-state index in [1.807, 2.05) is 88.4 Å². The van der Waals surface area contributed by atoms with Gasteiger partial charge in [0.05, 0.1) is 70.7 Å². The summed E-state index contributed by atoms with van der Waals surface area (Å²) in [6, 6.07) is 41.6. The first kappa shape index (κ1) is 73.1. The Morgan fingerprint density at radius 3 is 1.37 bits per heavy atom. The summed E-state index contributed by atoms with van der Waals surface area (Å²) in [5, 5.41) is 14.1. The van der Waals surface area contributed by atoms with E-state index in [-0.39, 0.29) is 29.2 Å². The van der Waals surface area contributed by atoms with Crippen LogP contribution in [-0.2, 0) is 18.3 Å². The lowest BCUT2D eigenvalue weighted by Crippen LogP contribution is -2.39. The number of amides is 5. The minimum absolute atomic E-state index is 0.00648. The third kappa shape index (κ3) is 20.9. The molecule has 1 aromatic heterocycles. The van der Waals surface area contributed by atoms with Gasteiger partial charge >= 0.3 is 6.03 Å². The Morgan fingerprint density at radius 2 is 0.959 bits per heavy atom. The van der Waals surface area contributed by atoms with Gasteiger partial charge in [-0.25, -0.2) is 9.48 Å². The highest BCUT2D eigenvalue weighted by Gasteiger charge is 2.29. The number of aromatic nitrogens is 2. The first-order valence-electron chi connectivity index (χ1n) is 33.5. The maximum absolute atomic E-state index is 13.2. The Morgan fingerprint density at radius 1 is 0.526 bits per heavy atom. The number of nitrogen functional groups attached to an aromatic ring is 1. The molecule has 0 aliphatic carbocycles. The van der Waals surface area contributed by atoms with Gasteiger partial charge in [-0.15, -0.1) is 0 Å². The zero-order valence-corrected chi connectivity index (χ0v) is 58.4. The van der Waals surface area contributed by atoms with E-state index in [1.165, 1.54) is 29.6 Å². The fraction of sp³-hybridized carbons (Fsp3) is 0.397. The number of aryl methyl sites for hydroxylation is 1. The monoisotopic (exact) mass is 1320 g/mol. The molecule has 19 heteroatoms. The van der Waals surface area contributed by atoms with Gasteiger partial charge < -0.3 is 59.5 Å². The summed E-state index contributed by atoms with van der Waals surface area (Å²) in [6.07, 6.45) is 9.81. The molecule has 7 aromatic rings. The molecule has 4 aliphatic rings. The number of anilines is 3. The van der Waals surface area contributed by atoms with Gasteiger partial charge in [0.2, 0.25) is 0 Å². The van der Waals surface area contributed by atoms with Crippen LogP contribution in [0.15, 0.2) is 158 Å². The number of benzene rings is 6. The largest absolute Gasteiger partial charge is 0.497 e. The van der Waals surface area contributed by atoms with Crippen LogP contribution in [0, 0.1) is 18.8 Å². The summed E-state index contributed by atoms with van der Waals surface area (Å²) in [5.41, 5.74) is 16.9. The van der Waals surface area contributed by atoms with Crippen LogP contribution in [0.3, 0.4) is 0 Å². The molecular formula is C78H99N9O10. The lowest BCUT2D eigenvalue weighted by molar-refractivity contribution is 0.0679. The fourth-order valence-electron chi connectivity index (χ4n) is 12.1. The quantitative estimate of drug-likeness (QED) is 0.0524. The molecule has 5 N–H and O–H groups in total. The van der Waals surface area contributed by atoms with Gasteiger partial charge in [-0.1, -0.05) is 87.0 Å². The SMILES string of the molecule is C=C1CCN(C(=O)c2ccc(OC)cc2OC)CC1.C=C1CCNCC1.COc1ccc(C(=O)N2CCC(Cc3cccc(N)c3)CC2)c(OC)c1.COc1ccc(C(=O)N2CCC(Cc3cccc(NC(=O)Nc4cc(C(C)(C)C)nn4-c4ccc(C)cc4)c3)CC2)c(OC)c1. The Labute approximate surface area is 573 Å². The van der Waals surface area contributed by atoms with E-state index in [4.69, 9.17) is 39.3 Å². The van der Waals surface area contributed by atoms with Crippen LogP contribution in [-0.4, -0.2) is 143 Å². The number of likely N-dealkylation sites (tertiary alicyclic amines) is 3. The Kier molecular flexibility index (Phi) is 26.6. The molecule has 0 atom stereocenters. The van der Waals surface area contributed by atoms with Crippen molar-refractivity contribution in [1.82, 2.24) is 29.8 Å². The van der Waals surface area contributed by atoms with Crippen molar-refractivity contribution in [2.45, 2.75) is 97.3 Å². The number of nitrogens with zero attached hydrogens (tertiary/aromatic N) is 5. The van der Waals surface area contributed by atoms with Crippen LogP contribution in [0.4, 0.5) is 22.0 Å². The maximum atomic E-state index is 13.2. The first-order chi connectivity index (χ1) is 46.7. The van der Waals surface area contributed by atoms with Crippen molar-refractivity contribution in [3.63, 3.8) is 0 Å². The second-order valence-corrected chi connectivity index (χ2v) is 26.1. The Balaban J connectivity index is 0.000000193. The van der Waals surface area contributed by atoms with E-state index in [0.717, 1.165) is 125 Å². The minimum atomic E-state index is -0.332. The number of urea groups is 1. The molecule has 4 fully saturated rings. The number of methoxy groups -OCH3 is 6. The summed E-state index contributed by atoms with van der Waals surface area (Å²) in [6.45, 7) is 22.8. The zero-order valence-electron chi connectivity index (χ0n) is 58.4. The zero-order chi connectivity index (χ0) is 69.6. The Hall–Kier alpha value is -9.75. The average molecular weight is 1320 g/mol. The van der Waals surface area contributed by atoms with E-state index < -0.39 is 0 Å². The molecule has 11 rings (SSSR count). The minimum Gasteiger partial charge on any atom is -0.497 e. The van der Waals surface area contributed by atoms with Crippen molar-refractivity contribution in [3.05, 3.63) is 197 Å². The molecule has 97 heavy (non-hydrogen) atoms. The second-order valence-electron chi connectivity index (χ2n) is 26.1. The van der Waals surface area contributed by atoms with Gasteiger partial charge in [0.15, 0.2) is 0 Å². The third-order valence-corrected chi connectivity index (χ3v) is 18.0. The van der Waals surface area contributed by atoms with Gasteiger partial charge in [-0.2, -0.15) is 5.10 Å². The molecule has 0 spiro atoms. The van der Waals surface area contributed by atoms with Gasteiger partial charge in [0.1, 0.15) is 40.3 Å². The van der Waals surface area contributed by atoms with Crippen LogP contribution in [0.2, 0.25) is 0 Å². The lowest BCUT2D eigenvalue weighted by Gasteiger charge is -2.32. The topological polar surface area (TPSA) is 213 Å². The van der Waals surface area contributed by atoms with E-state index >= 15 is 0 Å². The summed E-state index contributed by atoms with van der Waals surface area (Å²) in [7, 11) is 9.47. The van der Waals surface area contributed by atoms with Gasteiger partial charge in [-0.05, 0) is 180 Å². The smallest absolute Gasteiger partial charge is 0.324 e. The predicted octanol–water partition coefficient (Wildman–Crippen LogP) is 14.0. The number of nitrogens with one attached hydrogen (secondary N) is 3. The molecule has 4 saturated heterocycles. The first-order valence-corrected chi connectivity index (χ1v) is 33.5. The molecular weight excluding hydrogens is 1220 g/mol. The van der Waals surface area contributed by atoms with Crippen molar-refractivity contribution < 1.29 is 47.6 Å². The highest BCUT2D eigenvalue weighted by Crippen LogP contribution is 2.33. The number of ether oxygens (including phenoxy) is 6. The van der Waals surface area contributed by atoms with E-state index in [0.29, 0.717) is 81.9 Å². The molecule has 4 aliphatic heterocycles. The van der Waals surface area contributed by atoms with Crippen LogP contribution in [0.5, 0.6) is 34.5 Å². The molecule has 0 radical (unpaired) electrons. The number of piperidine rings is 4. The number of nitrogens with two attached hydrogens (primary N) is 1. The molecule has 0 unspecified atom stereocenters. The van der Waals surface area contributed by atoms with Crippen LogP contribution >= 0.6 is 0 Å². The molecule has 5 heterocycles. The van der Waals surface area contributed by atoms with Gasteiger partial charge in [0, 0.05) is 80.3 Å². The summed E-state index contributed by atoms with van der Waals surface area (Å²) in [5.74, 6) is 5.26. The summed E-state index contributed by atoms with van der Waals surface area (Å²) < 4.78 is 33.5. The van der Waals surface area contributed by atoms with Crippen LogP contribution in [0.25, 0.3) is 5.69 Å². The van der Waals surface area contributed by atoms with Gasteiger partial charge in [0.25, 0.3) is 17.7 Å². The number of carbonyl (C=O) groups is 4. The van der Waals surface area contributed by atoms with Crippen molar-refractivity contribution >= 4 is 40.9 Å². The molecule has 0 saturated carbocycles. The van der Waals surface area contributed by atoms with Crippen LogP contribution < -0.4 is 50.1 Å². The van der Waals surface area contributed by atoms with Crippen molar-refractivity contribution in [2.75, 3.05) is 111 Å². The van der Waals surface area contributed by atoms with Crippen LogP contribution in [0.1, 0.15) is 126 Å². The molecule has 0 bridgehead atoms. The normalized spacial score (nSPS) is 15.0. The van der Waals surface area contributed by atoms with Gasteiger partial charge in [-0.3, -0.25) is 19.7 Å². The fourth-order valence-corrected chi connectivity index (χ4v) is 12.1. The summed E-state index contributed by atoms with van der Waals surface area (Å²) in [4.78, 5) is 57.4. The number of carbonyl (C=O) groups excluding carboxylic acids is 4. The lowest BCUT2D eigenvalue weighted by atomic mass is 9.89. The van der Waals surface area contributed by atoms with Crippen molar-refractivity contribution in [2.24, 2.45) is 11.8 Å². The molecule has 19 nitrogen and oxygen atoms in total. The average Bonchev–Trinajstić information content (AvgIpc) is 1.70. The summed E-state index contributed by atoms with van der Waals surface area (Å²) >= 11 is 0. The number of rotatable bonds is 16. The molecule has 516 valence electrons. The Bertz CT molecular complexity index is 3790. The van der Waals surface area contributed by atoms with Crippen molar-refractivity contribution in [1.29, 1.82) is 0 Å². The number of hydrogen-bond donors (Lipinski definition) is 4. The predicted molar refractivity (Wildman–Crippen MR) is 386 cm³/mol. The third-order valence-electron chi connectivity index (χ3n) is 18.0. The van der Waals surface area contributed by atoms with E-state index in [9.17, 15) is 19.2 Å². The van der Waals surface area contributed by atoms with E-state index in [2.05, 4.69) is 62.0 Å². The highest BCUT2D eigenvalue weighted by molar-refractivity contribution is 6.00. The molecule has 6 aromatic carbocycles. The number of hydrogen-bond acceptors (Lipinski definition) is 13. The van der Waals surface area contributed by atoms with Crippen molar-refractivity contribution in [3.8, 4) is 40.2 Å². The molecule has 5 amide bonds. The van der Waals surface area contributed by atoms with E-state index in [1.54, 1.807) is 102 Å².